The molecule has 0 unspecified atom stereocenters. The normalized spacial score (nSPS) is 15.7. The Kier molecular flexibility index (Phi) is 5.42. The standard InChI is InChI=1S/C15H22N2O4S/c1-3-22(19,20)12-6-7-14(21-2)13(10-12)15(18)16-11-17-8-4-5-9-17/h6-7,10H,3-5,8-9,11H2,1-2H3,(H,16,18). The minimum absolute atomic E-state index is 0.00579. The van der Waals surface area contributed by atoms with Crippen LogP contribution in [0.15, 0.2) is 23.1 Å². The summed E-state index contributed by atoms with van der Waals surface area (Å²) in [6.07, 6.45) is 2.28. The molecule has 0 radical (unpaired) electrons. The highest BCUT2D eigenvalue weighted by Gasteiger charge is 2.19. The second-order valence-electron chi connectivity index (χ2n) is 5.25. The van der Waals surface area contributed by atoms with Gasteiger partial charge in [0.1, 0.15) is 5.75 Å². The fraction of sp³-hybridized carbons (Fsp3) is 0.533. The minimum Gasteiger partial charge on any atom is -0.496 e. The quantitative estimate of drug-likeness (QED) is 0.852. The Bertz CT molecular complexity index is 637. The number of benzene rings is 1. The van der Waals surface area contributed by atoms with Crippen molar-refractivity contribution in [3.05, 3.63) is 23.8 Å². The highest BCUT2D eigenvalue weighted by Crippen LogP contribution is 2.23. The molecule has 0 aliphatic carbocycles. The van der Waals surface area contributed by atoms with Gasteiger partial charge in [-0.3, -0.25) is 9.69 Å². The molecule has 0 saturated carbocycles. The molecule has 2 rings (SSSR count). The molecular weight excluding hydrogens is 304 g/mol. The van der Waals surface area contributed by atoms with Gasteiger partial charge in [-0.1, -0.05) is 6.92 Å². The van der Waals surface area contributed by atoms with E-state index in [0.29, 0.717) is 12.4 Å². The number of nitrogens with one attached hydrogen (secondary N) is 1. The number of likely N-dealkylation sites (tertiary alicyclic amines) is 1. The molecule has 22 heavy (non-hydrogen) atoms. The highest BCUT2D eigenvalue weighted by molar-refractivity contribution is 7.91. The number of carbonyl (C=O) groups is 1. The van der Waals surface area contributed by atoms with E-state index in [1.54, 1.807) is 6.92 Å². The molecule has 6 nitrogen and oxygen atoms in total. The van der Waals surface area contributed by atoms with Gasteiger partial charge in [-0.25, -0.2) is 8.42 Å². The third kappa shape index (κ3) is 3.78. The van der Waals surface area contributed by atoms with Crippen molar-refractivity contribution in [3.8, 4) is 5.75 Å². The van der Waals surface area contributed by atoms with E-state index in [1.165, 1.54) is 25.3 Å². The number of nitrogens with zero attached hydrogens (tertiary/aromatic N) is 1. The van der Waals surface area contributed by atoms with Gasteiger partial charge in [0.25, 0.3) is 5.91 Å². The SMILES string of the molecule is CCS(=O)(=O)c1ccc(OC)c(C(=O)NCN2CCCC2)c1. The summed E-state index contributed by atoms with van der Waals surface area (Å²) in [4.78, 5) is 14.6. The Labute approximate surface area is 131 Å². The zero-order chi connectivity index (χ0) is 16.2. The third-order valence-corrected chi connectivity index (χ3v) is 5.55. The first-order valence-electron chi connectivity index (χ1n) is 7.39. The van der Waals surface area contributed by atoms with Crippen molar-refractivity contribution in [3.63, 3.8) is 0 Å². The maximum Gasteiger partial charge on any atom is 0.256 e. The Morgan fingerprint density at radius 1 is 1.32 bits per heavy atom. The molecule has 122 valence electrons. The summed E-state index contributed by atoms with van der Waals surface area (Å²) in [6.45, 7) is 3.99. The number of methoxy groups -OCH3 is 1. The summed E-state index contributed by atoms with van der Waals surface area (Å²) in [7, 11) is -1.90. The molecule has 0 aromatic heterocycles. The summed E-state index contributed by atoms with van der Waals surface area (Å²) in [5, 5.41) is 2.82. The van der Waals surface area contributed by atoms with E-state index in [9.17, 15) is 13.2 Å². The summed E-state index contributed by atoms with van der Waals surface area (Å²) < 4.78 is 29.1. The number of carbonyl (C=O) groups excluding carboxylic acids is 1. The summed E-state index contributed by atoms with van der Waals surface area (Å²) in [5.74, 6) is 0.0413. The van der Waals surface area contributed by atoms with E-state index >= 15 is 0 Å². The van der Waals surface area contributed by atoms with Crippen LogP contribution in [0.25, 0.3) is 0 Å². The molecule has 1 aromatic carbocycles. The Hall–Kier alpha value is -1.60. The molecule has 1 aromatic rings. The molecule has 1 saturated heterocycles. The molecule has 0 bridgehead atoms. The van der Waals surface area contributed by atoms with Crippen molar-refractivity contribution in [1.82, 2.24) is 10.2 Å². The molecule has 1 heterocycles. The lowest BCUT2D eigenvalue weighted by atomic mass is 10.2. The van der Waals surface area contributed by atoms with Gasteiger partial charge in [0.05, 0.1) is 30.0 Å². The average Bonchev–Trinajstić information content (AvgIpc) is 3.05. The van der Waals surface area contributed by atoms with E-state index < -0.39 is 9.84 Å². The maximum atomic E-state index is 12.3. The van der Waals surface area contributed by atoms with Gasteiger partial charge in [0, 0.05) is 0 Å². The van der Waals surface area contributed by atoms with E-state index in [0.717, 1.165) is 25.9 Å². The molecule has 1 aliphatic rings. The third-order valence-electron chi connectivity index (χ3n) is 3.82. The Morgan fingerprint density at radius 2 is 2.00 bits per heavy atom. The van der Waals surface area contributed by atoms with E-state index in [1.807, 2.05) is 0 Å². The van der Waals surface area contributed by atoms with Gasteiger partial charge in [0.2, 0.25) is 0 Å². The molecule has 0 spiro atoms. The highest BCUT2D eigenvalue weighted by atomic mass is 32.2. The van der Waals surface area contributed by atoms with E-state index in [4.69, 9.17) is 4.74 Å². The van der Waals surface area contributed by atoms with E-state index in [2.05, 4.69) is 10.2 Å². The topological polar surface area (TPSA) is 75.7 Å². The summed E-state index contributed by atoms with van der Waals surface area (Å²) in [6, 6.07) is 4.37. The van der Waals surface area contributed by atoms with Crippen molar-refractivity contribution in [1.29, 1.82) is 0 Å². The van der Waals surface area contributed by atoms with Crippen molar-refractivity contribution in [2.45, 2.75) is 24.7 Å². The molecule has 0 atom stereocenters. The summed E-state index contributed by atoms with van der Waals surface area (Å²) >= 11 is 0. The average molecular weight is 326 g/mol. The second-order valence-corrected chi connectivity index (χ2v) is 7.53. The molecule has 7 heteroatoms. The van der Waals surface area contributed by atoms with Crippen LogP contribution >= 0.6 is 0 Å². The first-order valence-corrected chi connectivity index (χ1v) is 9.04. The largest absolute Gasteiger partial charge is 0.496 e. The first kappa shape index (κ1) is 16.8. The van der Waals surface area contributed by atoms with Crippen molar-refractivity contribution >= 4 is 15.7 Å². The number of ether oxygens (including phenoxy) is 1. The van der Waals surface area contributed by atoms with Crippen molar-refractivity contribution < 1.29 is 17.9 Å². The smallest absolute Gasteiger partial charge is 0.256 e. The zero-order valence-electron chi connectivity index (χ0n) is 13.0. The minimum atomic E-state index is -3.36. The van der Waals surface area contributed by atoms with Gasteiger partial charge in [-0.2, -0.15) is 0 Å². The van der Waals surface area contributed by atoms with Gasteiger partial charge in [-0.15, -0.1) is 0 Å². The summed E-state index contributed by atoms with van der Waals surface area (Å²) in [5.41, 5.74) is 0.247. The van der Waals surface area contributed by atoms with Crippen LogP contribution in [0, 0.1) is 0 Å². The van der Waals surface area contributed by atoms with Crippen LogP contribution in [0.2, 0.25) is 0 Å². The lowest BCUT2D eigenvalue weighted by Crippen LogP contribution is -2.36. The van der Waals surface area contributed by atoms with Crippen LogP contribution in [0.1, 0.15) is 30.1 Å². The fourth-order valence-electron chi connectivity index (χ4n) is 2.44. The van der Waals surface area contributed by atoms with Crippen molar-refractivity contribution in [2.24, 2.45) is 0 Å². The predicted octanol–water partition coefficient (Wildman–Crippen LogP) is 1.27. The van der Waals surface area contributed by atoms with Gasteiger partial charge < -0.3 is 10.1 Å². The van der Waals surface area contributed by atoms with Crippen LogP contribution < -0.4 is 10.1 Å². The fourth-order valence-corrected chi connectivity index (χ4v) is 3.35. The Morgan fingerprint density at radius 3 is 2.59 bits per heavy atom. The number of hydrogen-bond donors (Lipinski definition) is 1. The lowest BCUT2D eigenvalue weighted by Gasteiger charge is -2.16. The second kappa shape index (κ2) is 7.11. The number of amides is 1. The van der Waals surface area contributed by atoms with Crippen LogP contribution in [-0.4, -0.2) is 51.8 Å². The number of hydrogen-bond acceptors (Lipinski definition) is 5. The van der Waals surface area contributed by atoms with Crippen LogP contribution in [0.4, 0.5) is 0 Å². The van der Waals surface area contributed by atoms with Crippen LogP contribution in [0.3, 0.4) is 0 Å². The monoisotopic (exact) mass is 326 g/mol. The van der Waals surface area contributed by atoms with Gasteiger partial charge >= 0.3 is 0 Å². The Balaban J connectivity index is 2.19. The molecule has 1 aliphatic heterocycles. The number of rotatable bonds is 6. The van der Waals surface area contributed by atoms with Gasteiger partial charge in [-0.05, 0) is 44.1 Å². The van der Waals surface area contributed by atoms with Gasteiger partial charge in [0.15, 0.2) is 9.84 Å². The van der Waals surface area contributed by atoms with E-state index in [-0.39, 0.29) is 22.1 Å². The zero-order valence-corrected chi connectivity index (χ0v) is 13.8. The first-order chi connectivity index (χ1) is 10.5. The predicted molar refractivity (Wildman–Crippen MR) is 83.9 cm³/mol. The molecular formula is C15H22N2O4S. The maximum absolute atomic E-state index is 12.3. The van der Waals surface area contributed by atoms with Crippen LogP contribution in [0.5, 0.6) is 5.75 Å². The number of sulfone groups is 1. The molecule has 1 N–H and O–H groups in total. The van der Waals surface area contributed by atoms with Crippen molar-refractivity contribution in [2.75, 3.05) is 32.6 Å². The lowest BCUT2D eigenvalue weighted by molar-refractivity contribution is 0.0926. The molecule has 1 fully saturated rings. The van der Waals surface area contributed by atoms with Crippen LogP contribution in [-0.2, 0) is 9.84 Å². The molecule has 1 amide bonds.